The lowest BCUT2D eigenvalue weighted by atomic mass is 10.1. The molecule has 2 rings (SSSR count). The molecule has 1 aromatic rings. The Morgan fingerprint density at radius 3 is 2.58 bits per heavy atom. The lowest BCUT2D eigenvalue weighted by molar-refractivity contribution is -0.136. The molecule has 0 aliphatic carbocycles. The van der Waals surface area contributed by atoms with Crippen LogP contribution in [-0.2, 0) is 20.8 Å². The molecule has 1 aliphatic rings. The molecule has 1 saturated heterocycles. The summed E-state index contributed by atoms with van der Waals surface area (Å²) in [5, 5.41) is 11.5. The van der Waals surface area contributed by atoms with Crippen molar-refractivity contribution in [3.63, 3.8) is 0 Å². The number of benzene rings is 1. The molecular weight excluding hydrogens is 314 g/mol. The SMILES string of the molecule is CN1CC(=O)N(CCCC(=O)Nc2ccccc2CC(=O)O)C1=O. The molecule has 1 aromatic carbocycles. The molecule has 8 heteroatoms. The highest BCUT2D eigenvalue weighted by atomic mass is 16.4. The maximum Gasteiger partial charge on any atom is 0.326 e. The summed E-state index contributed by atoms with van der Waals surface area (Å²) in [5.41, 5.74) is 0.975. The van der Waals surface area contributed by atoms with Gasteiger partial charge < -0.3 is 15.3 Å². The molecule has 0 bridgehead atoms. The van der Waals surface area contributed by atoms with E-state index in [1.54, 1.807) is 31.3 Å². The number of hydrogen-bond acceptors (Lipinski definition) is 4. The van der Waals surface area contributed by atoms with E-state index >= 15 is 0 Å². The summed E-state index contributed by atoms with van der Waals surface area (Å²) in [6.45, 7) is 0.250. The fourth-order valence-corrected chi connectivity index (χ4v) is 2.46. The molecule has 0 aromatic heterocycles. The van der Waals surface area contributed by atoms with Crippen molar-refractivity contribution in [2.75, 3.05) is 25.5 Å². The maximum absolute atomic E-state index is 12.0. The third-order valence-electron chi connectivity index (χ3n) is 3.65. The lowest BCUT2D eigenvalue weighted by Gasteiger charge is -2.14. The van der Waals surface area contributed by atoms with E-state index in [0.29, 0.717) is 17.7 Å². The van der Waals surface area contributed by atoms with Crippen molar-refractivity contribution < 1.29 is 24.3 Å². The highest BCUT2D eigenvalue weighted by Gasteiger charge is 2.32. The Kier molecular flexibility index (Phi) is 5.51. The fraction of sp³-hybridized carbons (Fsp3) is 0.375. The number of para-hydroxylation sites is 1. The average Bonchev–Trinajstić information content (AvgIpc) is 2.75. The highest BCUT2D eigenvalue weighted by molar-refractivity contribution is 6.01. The van der Waals surface area contributed by atoms with Crippen LogP contribution in [0.2, 0.25) is 0 Å². The molecule has 1 heterocycles. The van der Waals surface area contributed by atoms with Crippen LogP contribution in [-0.4, -0.2) is 58.9 Å². The summed E-state index contributed by atoms with van der Waals surface area (Å²) in [4.78, 5) is 48.6. The van der Waals surface area contributed by atoms with E-state index in [1.165, 1.54) is 4.90 Å². The second-order valence-electron chi connectivity index (χ2n) is 5.56. The van der Waals surface area contributed by atoms with Crippen molar-refractivity contribution in [3.05, 3.63) is 29.8 Å². The molecule has 8 nitrogen and oxygen atoms in total. The number of aliphatic carboxylic acids is 1. The van der Waals surface area contributed by atoms with Crippen LogP contribution in [0.1, 0.15) is 18.4 Å². The number of carboxylic acid groups (broad SMARTS) is 1. The van der Waals surface area contributed by atoms with Gasteiger partial charge >= 0.3 is 12.0 Å². The summed E-state index contributed by atoms with van der Waals surface area (Å²) in [5.74, 6) is -1.54. The minimum absolute atomic E-state index is 0.0631. The predicted molar refractivity (Wildman–Crippen MR) is 85.4 cm³/mol. The van der Waals surface area contributed by atoms with E-state index in [4.69, 9.17) is 5.11 Å². The number of hydrogen-bond donors (Lipinski definition) is 2. The van der Waals surface area contributed by atoms with Crippen LogP contribution in [0.3, 0.4) is 0 Å². The first-order chi connectivity index (χ1) is 11.4. The monoisotopic (exact) mass is 333 g/mol. The van der Waals surface area contributed by atoms with E-state index in [1.807, 2.05) is 0 Å². The Bertz CT molecular complexity index is 673. The number of carbonyl (C=O) groups excluding carboxylic acids is 3. The van der Waals surface area contributed by atoms with Crippen molar-refractivity contribution in [1.82, 2.24) is 9.80 Å². The number of amides is 4. The quantitative estimate of drug-likeness (QED) is 0.722. The molecule has 2 N–H and O–H groups in total. The molecule has 1 fully saturated rings. The molecule has 1 aliphatic heterocycles. The predicted octanol–water partition coefficient (Wildman–Crippen LogP) is 0.926. The molecule has 4 amide bonds. The minimum atomic E-state index is -0.980. The first kappa shape index (κ1) is 17.5. The molecule has 0 radical (unpaired) electrons. The Balaban J connectivity index is 1.85. The highest BCUT2D eigenvalue weighted by Crippen LogP contribution is 2.16. The number of carboxylic acids is 1. The molecule has 0 spiro atoms. The van der Waals surface area contributed by atoms with Crippen molar-refractivity contribution in [1.29, 1.82) is 0 Å². The van der Waals surface area contributed by atoms with Gasteiger partial charge in [-0.05, 0) is 18.1 Å². The largest absolute Gasteiger partial charge is 0.481 e. The van der Waals surface area contributed by atoms with Gasteiger partial charge in [0.2, 0.25) is 11.8 Å². The van der Waals surface area contributed by atoms with Crippen molar-refractivity contribution >= 4 is 29.5 Å². The maximum atomic E-state index is 12.0. The normalized spacial score (nSPS) is 14.2. The van der Waals surface area contributed by atoms with Gasteiger partial charge in [-0.15, -0.1) is 0 Å². The third-order valence-corrected chi connectivity index (χ3v) is 3.65. The van der Waals surface area contributed by atoms with Gasteiger partial charge in [0, 0.05) is 25.7 Å². The van der Waals surface area contributed by atoms with Crippen LogP contribution in [0.15, 0.2) is 24.3 Å². The lowest BCUT2D eigenvalue weighted by Crippen LogP contribution is -2.32. The van der Waals surface area contributed by atoms with Crippen molar-refractivity contribution in [3.8, 4) is 0 Å². The molecule has 0 unspecified atom stereocenters. The minimum Gasteiger partial charge on any atom is -0.481 e. The smallest absolute Gasteiger partial charge is 0.326 e. The van der Waals surface area contributed by atoms with Crippen LogP contribution < -0.4 is 5.32 Å². The van der Waals surface area contributed by atoms with Gasteiger partial charge in [-0.3, -0.25) is 19.3 Å². The van der Waals surface area contributed by atoms with Crippen molar-refractivity contribution in [2.45, 2.75) is 19.3 Å². The van der Waals surface area contributed by atoms with Gasteiger partial charge in [0.05, 0.1) is 6.42 Å². The number of rotatable bonds is 7. The first-order valence-electron chi connectivity index (χ1n) is 7.53. The molecular formula is C16H19N3O5. The number of likely N-dealkylation sites (N-methyl/N-ethyl adjacent to an activating group) is 1. The van der Waals surface area contributed by atoms with Crippen LogP contribution in [0.5, 0.6) is 0 Å². The number of anilines is 1. The number of nitrogens with zero attached hydrogens (tertiary/aromatic N) is 2. The number of urea groups is 1. The molecule has 24 heavy (non-hydrogen) atoms. The van der Waals surface area contributed by atoms with Gasteiger partial charge in [-0.2, -0.15) is 0 Å². The van der Waals surface area contributed by atoms with E-state index in [0.717, 1.165) is 4.90 Å². The van der Waals surface area contributed by atoms with Crippen LogP contribution in [0.25, 0.3) is 0 Å². The standard InChI is InChI=1S/C16H19N3O5/c1-18-10-14(21)19(16(18)24)8-4-7-13(20)17-12-6-3-2-5-11(12)9-15(22)23/h2-3,5-6H,4,7-10H2,1H3,(H,17,20)(H,22,23). The van der Waals surface area contributed by atoms with Crippen LogP contribution >= 0.6 is 0 Å². The number of imide groups is 1. The van der Waals surface area contributed by atoms with Gasteiger partial charge in [0.25, 0.3) is 0 Å². The van der Waals surface area contributed by atoms with Gasteiger partial charge in [0.1, 0.15) is 6.54 Å². The van der Waals surface area contributed by atoms with Gasteiger partial charge in [0.15, 0.2) is 0 Å². The van der Waals surface area contributed by atoms with Crippen LogP contribution in [0, 0.1) is 0 Å². The van der Waals surface area contributed by atoms with Crippen LogP contribution in [0.4, 0.5) is 10.5 Å². The molecule has 0 saturated carbocycles. The summed E-state index contributed by atoms with van der Waals surface area (Å²) in [6.07, 6.45) is 0.292. The van der Waals surface area contributed by atoms with E-state index in [-0.39, 0.29) is 43.8 Å². The average molecular weight is 333 g/mol. The molecule has 0 atom stereocenters. The second-order valence-corrected chi connectivity index (χ2v) is 5.56. The van der Waals surface area contributed by atoms with E-state index in [2.05, 4.69) is 5.32 Å². The first-order valence-corrected chi connectivity index (χ1v) is 7.53. The fourth-order valence-electron chi connectivity index (χ4n) is 2.46. The Labute approximate surface area is 139 Å². The zero-order valence-electron chi connectivity index (χ0n) is 13.3. The Hall–Kier alpha value is -2.90. The van der Waals surface area contributed by atoms with E-state index in [9.17, 15) is 19.2 Å². The van der Waals surface area contributed by atoms with Crippen molar-refractivity contribution in [2.24, 2.45) is 0 Å². The topological polar surface area (TPSA) is 107 Å². The number of carbonyl (C=O) groups is 4. The molecule has 128 valence electrons. The van der Waals surface area contributed by atoms with E-state index < -0.39 is 5.97 Å². The Morgan fingerprint density at radius 2 is 1.96 bits per heavy atom. The zero-order valence-corrected chi connectivity index (χ0v) is 13.3. The third kappa shape index (κ3) is 4.31. The van der Waals surface area contributed by atoms with Gasteiger partial charge in [-0.1, -0.05) is 18.2 Å². The summed E-state index contributed by atoms with van der Waals surface area (Å²) >= 11 is 0. The summed E-state index contributed by atoms with van der Waals surface area (Å²) in [6, 6.07) is 6.33. The second kappa shape index (κ2) is 7.58. The van der Waals surface area contributed by atoms with Gasteiger partial charge in [-0.25, -0.2) is 4.79 Å². The Morgan fingerprint density at radius 1 is 1.25 bits per heavy atom. The number of nitrogens with one attached hydrogen (secondary N) is 1. The zero-order chi connectivity index (χ0) is 17.7. The summed E-state index contributed by atoms with van der Waals surface area (Å²) < 4.78 is 0. The summed E-state index contributed by atoms with van der Waals surface area (Å²) in [7, 11) is 1.55.